The molecule has 2 rings (SSSR count). The summed E-state index contributed by atoms with van der Waals surface area (Å²) in [5.41, 5.74) is 0.843. The third kappa shape index (κ3) is 2.18. The molecule has 0 bridgehead atoms. The quantitative estimate of drug-likeness (QED) is 0.611. The van der Waals surface area contributed by atoms with Crippen molar-refractivity contribution < 1.29 is 4.79 Å². The third-order valence-electron chi connectivity index (χ3n) is 2.14. The van der Waals surface area contributed by atoms with Crippen LogP contribution in [0.4, 0.5) is 0 Å². The number of carbonyl (C=O) groups excluding carboxylic acids is 1. The van der Waals surface area contributed by atoms with Crippen molar-refractivity contribution >= 4 is 51.6 Å². The van der Waals surface area contributed by atoms with Gasteiger partial charge in [-0.1, -0.05) is 30.9 Å². The molecule has 0 spiro atoms. The molecule has 2 heterocycles. The molecule has 1 amide bonds. The first-order valence-electron chi connectivity index (χ1n) is 4.77. The lowest BCUT2D eigenvalue weighted by Gasteiger charge is -2.03. The molecule has 1 saturated heterocycles. The highest BCUT2D eigenvalue weighted by atomic mass is 32.2. The Balaban J connectivity index is 2.25. The van der Waals surface area contributed by atoms with Gasteiger partial charge in [0.25, 0.3) is 5.91 Å². The number of carbonyl (C=O) groups is 1. The minimum atomic E-state index is -0.0407. The Labute approximate surface area is 108 Å². The van der Waals surface area contributed by atoms with Gasteiger partial charge in [-0.05, 0) is 12.5 Å². The Kier molecular flexibility index (Phi) is 3.41. The van der Waals surface area contributed by atoms with E-state index in [1.54, 1.807) is 24.5 Å². The number of hydrogen-bond acceptors (Lipinski definition) is 5. The first-order valence-corrected chi connectivity index (χ1v) is 6.88. The largest absolute Gasteiger partial charge is 0.296 e. The van der Waals surface area contributed by atoms with Crippen LogP contribution in [0.5, 0.6) is 0 Å². The standard InChI is InChI=1S/C10H10N2OS3/c1-3-8-11-6(5-15-8)4-7-9(13)12(2)10(14)16-7/h4-5H,3H2,1-2H3. The van der Waals surface area contributed by atoms with E-state index in [-0.39, 0.29) is 5.91 Å². The summed E-state index contributed by atoms with van der Waals surface area (Å²) < 4.78 is 0.599. The fraction of sp³-hybridized carbons (Fsp3) is 0.300. The van der Waals surface area contributed by atoms with Crippen LogP contribution in [0.15, 0.2) is 10.3 Å². The summed E-state index contributed by atoms with van der Waals surface area (Å²) in [6.45, 7) is 2.06. The molecule has 0 radical (unpaired) electrons. The minimum Gasteiger partial charge on any atom is -0.296 e. The van der Waals surface area contributed by atoms with E-state index in [9.17, 15) is 4.79 Å². The highest BCUT2D eigenvalue weighted by molar-refractivity contribution is 8.26. The highest BCUT2D eigenvalue weighted by Gasteiger charge is 2.28. The number of rotatable bonds is 2. The SMILES string of the molecule is CCc1nc(C=C2SC(=S)N(C)C2=O)cs1. The third-order valence-corrected chi connectivity index (χ3v) is 4.63. The molecule has 1 aromatic rings. The molecular weight excluding hydrogens is 260 g/mol. The van der Waals surface area contributed by atoms with Crippen molar-refractivity contribution in [3.05, 3.63) is 21.0 Å². The maximum absolute atomic E-state index is 11.7. The van der Waals surface area contributed by atoms with Crippen LogP contribution >= 0.6 is 35.3 Å². The van der Waals surface area contributed by atoms with E-state index >= 15 is 0 Å². The van der Waals surface area contributed by atoms with Crippen molar-refractivity contribution in [1.29, 1.82) is 0 Å². The monoisotopic (exact) mass is 270 g/mol. The summed E-state index contributed by atoms with van der Waals surface area (Å²) in [5.74, 6) is -0.0407. The number of likely N-dealkylation sites (N-methyl/N-ethyl adjacent to an activating group) is 1. The molecule has 1 aliphatic rings. The van der Waals surface area contributed by atoms with Crippen molar-refractivity contribution in [2.24, 2.45) is 0 Å². The number of thiazole rings is 1. The Morgan fingerprint density at radius 3 is 2.88 bits per heavy atom. The molecule has 0 saturated carbocycles. The molecule has 0 N–H and O–H groups in total. The Bertz CT molecular complexity index is 478. The van der Waals surface area contributed by atoms with Gasteiger partial charge in [-0.2, -0.15) is 0 Å². The van der Waals surface area contributed by atoms with Gasteiger partial charge in [-0.25, -0.2) is 4.98 Å². The second kappa shape index (κ2) is 4.65. The summed E-state index contributed by atoms with van der Waals surface area (Å²) in [5, 5.41) is 3.04. The maximum atomic E-state index is 11.7. The van der Waals surface area contributed by atoms with Crippen LogP contribution in [-0.4, -0.2) is 27.2 Å². The zero-order valence-corrected chi connectivity index (χ0v) is 11.3. The molecule has 16 heavy (non-hydrogen) atoms. The van der Waals surface area contributed by atoms with Gasteiger partial charge in [0.2, 0.25) is 0 Å². The number of hydrogen-bond donors (Lipinski definition) is 0. The lowest BCUT2D eigenvalue weighted by molar-refractivity contribution is -0.121. The Morgan fingerprint density at radius 1 is 1.62 bits per heavy atom. The molecule has 0 atom stereocenters. The molecule has 1 aromatic heterocycles. The van der Waals surface area contributed by atoms with Crippen molar-refractivity contribution in [3.8, 4) is 0 Å². The summed E-state index contributed by atoms with van der Waals surface area (Å²) in [6.07, 6.45) is 2.73. The van der Waals surface area contributed by atoms with Gasteiger partial charge < -0.3 is 0 Å². The first kappa shape index (κ1) is 11.8. The van der Waals surface area contributed by atoms with E-state index < -0.39 is 0 Å². The number of nitrogens with zero attached hydrogens (tertiary/aromatic N) is 2. The van der Waals surface area contributed by atoms with Crippen LogP contribution in [0.3, 0.4) is 0 Å². The molecule has 0 aliphatic carbocycles. The second-order valence-electron chi connectivity index (χ2n) is 3.26. The molecule has 1 fully saturated rings. The van der Waals surface area contributed by atoms with Crippen LogP contribution in [0, 0.1) is 0 Å². The normalized spacial score (nSPS) is 18.9. The molecule has 0 aromatic carbocycles. The predicted octanol–water partition coefficient (Wildman–Crippen LogP) is 2.54. The lowest BCUT2D eigenvalue weighted by atomic mass is 10.4. The first-order chi connectivity index (χ1) is 7.61. The van der Waals surface area contributed by atoms with E-state index in [1.165, 1.54) is 16.7 Å². The lowest BCUT2D eigenvalue weighted by Crippen LogP contribution is -2.22. The highest BCUT2D eigenvalue weighted by Crippen LogP contribution is 2.31. The number of thiocarbonyl (C=S) groups is 1. The predicted molar refractivity (Wildman–Crippen MR) is 72.4 cm³/mol. The number of aromatic nitrogens is 1. The van der Waals surface area contributed by atoms with E-state index in [2.05, 4.69) is 11.9 Å². The van der Waals surface area contributed by atoms with Gasteiger partial charge in [-0.3, -0.25) is 9.69 Å². The van der Waals surface area contributed by atoms with Crippen LogP contribution in [0.1, 0.15) is 17.6 Å². The van der Waals surface area contributed by atoms with Crippen molar-refractivity contribution in [2.75, 3.05) is 7.05 Å². The number of thioether (sulfide) groups is 1. The smallest absolute Gasteiger partial charge is 0.265 e. The van der Waals surface area contributed by atoms with Gasteiger partial charge in [0.15, 0.2) is 0 Å². The molecule has 3 nitrogen and oxygen atoms in total. The van der Waals surface area contributed by atoms with Crippen LogP contribution in [-0.2, 0) is 11.2 Å². The summed E-state index contributed by atoms with van der Waals surface area (Å²) >= 11 is 7.99. The maximum Gasteiger partial charge on any atom is 0.265 e. The van der Waals surface area contributed by atoms with E-state index in [1.807, 2.05) is 5.38 Å². The van der Waals surface area contributed by atoms with Gasteiger partial charge in [0.05, 0.1) is 15.6 Å². The van der Waals surface area contributed by atoms with Gasteiger partial charge >= 0.3 is 0 Å². The fourth-order valence-corrected chi connectivity index (χ4v) is 3.10. The van der Waals surface area contributed by atoms with Crippen LogP contribution < -0.4 is 0 Å². The summed E-state index contributed by atoms with van der Waals surface area (Å²) in [7, 11) is 1.69. The minimum absolute atomic E-state index is 0.0407. The summed E-state index contributed by atoms with van der Waals surface area (Å²) in [6, 6.07) is 0. The zero-order valence-electron chi connectivity index (χ0n) is 8.89. The van der Waals surface area contributed by atoms with Gasteiger partial charge in [0.1, 0.15) is 4.32 Å². The molecule has 1 aliphatic heterocycles. The van der Waals surface area contributed by atoms with E-state index in [0.717, 1.165) is 17.1 Å². The zero-order chi connectivity index (χ0) is 11.7. The van der Waals surface area contributed by atoms with Crippen molar-refractivity contribution in [1.82, 2.24) is 9.88 Å². The van der Waals surface area contributed by atoms with Crippen molar-refractivity contribution in [2.45, 2.75) is 13.3 Å². The average molecular weight is 270 g/mol. The number of amides is 1. The fourth-order valence-electron chi connectivity index (χ4n) is 1.23. The summed E-state index contributed by atoms with van der Waals surface area (Å²) in [4.78, 5) is 18.3. The topological polar surface area (TPSA) is 33.2 Å². The van der Waals surface area contributed by atoms with E-state index in [0.29, 0.717) is 9.23 Å². The van der Waals surface area contributed by atoms with E-state index in [4.69, 9.17) is 12.2 Å². The number of aryl methyl sites for hydroxylation is 1. The Morgan fingerprint density at radius 2 is 2.38 bits per heavy atom. The van der Waals surface area contributed by atoms with Crippen LogP contribution in [0.2, 0.25) is 0 Å². The second-order valence-corrected chi connectivity index (χ2v) is 5.88. The molecular formula is C10H10N2OS3. The molecule has 6 heteroatoms. The molecule has 0 unspecified atom stereocenters. The molecule has 84 valence electrons. The van der Waals surface area contributed by atoms with Gasteiger partial charge in [-0.15, -0.1) is 11.3 Å². The Hall–Kier alpha value is -0.720. The van der Waals surface area contributed by atoms with Crippen LogP contribution in [0.25, 0.3) is 6.08 Å². The average Bonchev–Trinajstić information content (AvgIpc) is 2.81. The van der Waals surface area contributed by atoms with Gasteiger partial charge in [0, 0.05) is 12.4 Å². The van der Waals surface area contributed by atoms with Crippen molar-refractivity contribution in [3.63, 3.8) is 0 Å².